The number of aliphatic carboxylic acids is 1. The van der Waals surface area contributed by atoms with Gasteiger partial charge in [0.1, 0.15) is 6.04 Å². The Morgan fingerprint density at radius 2 is 1.37 bits per heavy atom. The van der Waals surface area contributed by atoms with E-state index in [-0.39, 0.29) is 31.2 Å². The van der Waals surface area contributed by atoms with Gasteiger partial charge in [0.05, 0.1) is 6.04 Å². The molecule has 0 unspecified atom stereocenters. The smallest absolute Gasteiger partial charge is 0.326 e. The summed E-state index contributed by atoms with van der Waals surface area (Å²) < 4.78 is 0. The first kappa shape index (κ1) is 20.2. The fourth-order valence-corrected chi connectivity index (χ4v) is 2.68. The molecule has 0 fully saturated rings. The van der Waals surface area contributed by atoms with Gasteiger partial charge in [0.15, 0.2) is 0 Å². The molecule has 0 bridgehead atoms. The van der Waals surface area contributed by atoms with Gasteiger partial charge in [-0.15, -0.1) is 0 Å². The summed E-state index contributed by atoms with van der Waals surface area (Å²) >= 11 is 0. The largest absolute Gasteiger partial charge is 0.480 e. The molecule has 0 aliphatic heterocycles. The van der Waals surface area contributed by atoms with E-state index >= 15 is 0 Å². The van der Waals surface area contributed by atoms with Gasteiger partial charge in [0.2, 0.25) is 11.8 Å². The molecule has 2 aromatic rings. The summed E-state index contributed by atoms with van der Waals surface area (Å²) in [5.41, 5.74) is 1.80. The van der Waals surface area contributed by atoms with Crippen molar-refractivity contribution < 1.29 is 19.5 Å². The Morgan fingerprint density at radius 3 is 1.93 bits per heavy atom. The van der Waals surface area contributed by atoms with Crippen molar-refractivity contribution in [3.05, 3.63) is 71.8 Å². The Bertz CT molecular complexity index is 762. The van der Waals surface area contributed by atoms with Crippen molar-refractivity contribution in [1.29, 1.82) is 0 Å². The SMILES string of the molecule is C[C@@H](NC(=O)CCC(=O)N[C@H](Cc1ccccc1)C(=O)O)c1ccccc1. The molecule has 0 aliphatic carbocycles. The molecule has 6 nitrogen and oxygen atoms in total. The predicted molar refractivity (Wildman–Crippen MR) is 102 cm³/mol. The summed E-state index contributed by atoms with van der Waals surface area (Å²) in [5.74, 6) is -1.81. The molecule has 142 valence electrons. The number of carboxylic acids is 1. The summed E-state index contributed by atoms with van der Waals surface area (Å²) in [5, 5.41) is 14.6. The van der Waals surface area contributed by atoms with Gasteiger partial charge >= 0.3 is 5.97 Å². The van der Waals surface area contributed by atoms with Crippen molar-refractivity contribution in [3.8, 4) is 0 Å². The number of hydrogen-bond acceptors (Lipinski definition) is 3. The Kier molecular flexibility index (Phi) is 7.55. The highest BCUT2D eigenvalue weighted by molar-refractivity contribution is 5.87. The first-order chi connectivity index (χ1) is 13.0. The Labute approximate surface area is 158 Å². The average molecular weight is 368 g/mol. The molecular weight excluding hydrogens is 344 g/mol. The summed E-state index contributed by atoms with van der Waals surface area (Å²) in [6, 6.07) is 17.4. The van der Waals surface area contributed by atoms with Crippen molar-refractivity contribution >= 4 is 17.8 Å². The first-order valence-electron chi connectivity index (χ1n) is 8.86. The van der Waals surface area contributed by atoms with E-state index in [4.69, 9.17) is 0 Å². The van der Waals surface area contributed by atoms with Crippen LogP contribution in [0, 0.1) is 0 Å². The lowest BCUT2D eigenvalue weighted by Crippen LogP contribution is -2.42. The van der Waals surface area contributed by atoms with Gasteiger partial charge < -0.3 is 15.7 Å². The zero-order valence-corrected chi connectivity index (χ0v) is 15.2. The van der Waals surface area contributed by atoms with Crippen molar-refractivity contribution in [3.63, 3.8) is 0 Å². The van der Waals surface area contributed by atoms with Crippen LogP contribution in [0.5, 0.6) is 0 Å². The Hall–Kier alpha value is -3.15. The van der Waals surface area contributed by atoms with Crippen LogP contribution in [0.1, 0.15) is 36.9 Å². The molecule has 2 atom stereocenters. The highest BCUT2D eigenvalue weighted by atomic mass is 16.4. The molecule has 0 radical (unpaired) electrons. The molecule has 2 rings (SSSR count). The zero-order chi connectivity index (χ0) is 19.6. The van der Waals surface area contributed by atoms with Crippen LogP contribution in [-0.4, -0.2) is 28.9 Å². The minimum atomic E-state index is -1.10. The molecule has 0 saturated heterocycles. The second-order valence-corrected chi connectivity index (χ2v) is 6.35. The number of carbonyl (C=O) groups excluding carboxylic acids is 2. The standard InChI is InChI=1S/C21H24N2O4/c1-15(17-10-6-3-7-11-17)22-19(24)12-13-20(25)23-18(21(26)27)14-16-8-4-2-5-9-16/h2-11,15,18H,12-14H2,1H3,(H,22,24)(H,23,25)(H,26,27)/t15-,18-/m1/s1. The molecule has 2 amide bonds. The highest BCUT2D eigenvalue weighted by Gasteiger charge is 2.21. The lowest BCUT2D eigenvalue weighted by molar-refractivity contribution is -0.141. The number of carboxylic acid groups (broad SMARTS) is 1. The van der Waals surface area contributed by atoms with Gasteiger partial charge in [0, 0.05) is 19.3 Å². The maximum Gasteiger partial charge on any atom is 0.326 e. The average Bonchev–Trinajstić information content (AvgIpc) is 2.67. The van der Waals surface area contributed by atoms with Crippen LogP contribution in [0.3, 0.4) is 0 Å². The third-order valence-corrected chi connectivity index (χ3v) is 4.17. The molecular formula is C21H24N2O4. The maximum absolute atomic E-state index is 12.1. The van der Waals surface area contributed by atoms with Crippen LogP contribution in [0.25, 0.3) is 0 Å². The lowest BCUT2D eigenvalue weighted by Gasteiger charge is -2.16. The number of nitrogens with one attached hydrogen (secondary N) is 2. The minimum absolute atomic E-state index is 0.000678. The molecule has 27 heavy (non-hydrogen) atoms. The number of benzene rings is 2. The van der Waals surface area contributed by atoms with E-state index in [1.807, 2.05) is 55.5 Å². The molecule has 0 spiro atoms. The Morgan fingerprint density at radius 1 is 0.852 bits per heavy atom. The normalized spacial score (nSPS) is 12.6. The number of amides is 2. The summed E-state index contributed by atoms with van der Waals surface area (Å²) in [6.07, 6.45) is 0.131. The van der Waals surface area contributed by atoms with Gasteiger partial charge in [0.25, 0.3) is 0 Å². The van der Waals surface area contributed by atoms with Gasteiger partial charge in [-0.25, -0.2) is 4.79 Å². The monoisotopic (exact) mass is 368 g/mol. The van der Waals surface area contributed by atoms with Crippen molar-refractivity contribution in [2.45, 2.75) is 38.3 Å². The van der Waals surface area contributed by atoms with Gasteiger partial charge in [-0.2, -0.15) is 0 Å². The van der Waals surface area contributed by atoms with Crippen molar-refractivity contribution in [2.75, 3.05) is 0 Å². The first-order valence-corrected chi connectivity index (χ1v) is 8.86. The number of carbonyl (C=O) groups is 3. The molecule has 0 saturated carbocycles. The van der Waals surface area contributed by atoms with Gasteiger partial charge in [-0.3, -0.25) is 9.59 Å². The molecule has 0 aromatic heterocycles. The number of rotatable bonds is 9. The second-order valence-electron chi connectivity index (χ2n) is 6.35. The van der Waals surface area contributed by atoms with Crippen LogP contribution in [-0.2, 0) is 20.8 Å². The summed E-state index contributed by atoms with van der Waals surface area (Å²) in [6.45, 7) is 1.87. The molecule has 2 aromatic carbocycles. The third-order valence-electron chi connectivity index (χ3n) is 4.17. The molecule has 0 heterocycles. The van der Waals surface area contributed by atoms with E-state index in [1.54, 1.807) is 12.1 Å². The predicted octanol–water partition coefficient (Wildman–Crippen LogP) is 2.46. The van der Waals surface area contributed by atoms with E-state index in [0.717, 1.165) is 11.1 Å². The van der Waals surface area contributed by atoms with Gasteiger partial charge in [-0.05, 0) is 18.1 Å². The summed E-state index contributed by atoms with van der Waals surface area (Å²) in [4.78, 5) is 35.5. The van der Waals surface area contributed by atoms with E-state index in [9.17, 15) is 19.5 Å². The topological polar surface area (TPSA) is 95.5 Å². The van der Waals surface area contributed by atoms with E-state index in [2.05, 4.69) is 10.6 Å². The van der Waals surface area contributed by atoms with Crippen LogP contribution < -0.4 is 10.6 Å². The lowest BCUT2D eigenvalue weighted by atomic mass is 10.1. The van der Waals surface area contributed by atoms with E-state index in [0.29, 0.717) is 0 Å². The molecule has 0 aliphatic rings. The quantitative estimate of drug-likeness (QED) is 0.633. The highest BCUT2D eigenvalue weighted by Crippen LogP contribution is 2.11. The van der Waals surface area contributed by atoms with E-state index < -0.39 is 17.9 Å². The van der Waals surface area contributed by atoms with Crippen LogP contribution in [0.15, 0.2) is 60.7 Å². The van der Waals surface area contributed by atoms with Crippen molar-refractivity contribution in [2.24, 2.45) is 0 Å². The minimum Gasteiger partial charge on any atom is -0.480 e. The van der Waals surface area contributed by atoms with Crippen LogP contribution in [0.4, 0.5) is 0 Å². The fourth-order valence-electron chi connectivity index (χ4n) is 2.68. The summed E-state index contributed by atoms with van der Waals surface area (Å²) in [7, 11) is 0. The fraction of sp³-hybridized carbons (Fsp3) is 0.286. The van der Waals surface area contributed by atoms with Crippen molar-refractivity contribution in [1.82, 2.24) is 10.6 Å². The molecule has 3 N–H and O–H groups in total. The zero-order valence-electron chi connectivity index (χ0n) is 15.2. The van der Waals surface area contributed by atoms with Gasteiger partial charge in [-0.1, -0.05) is 60.7 Å². The van der Waals surface area contributed by atoms with Crippen LogP contribution in [0.2, 0.25) is 0 Å². The second kappa shape index (κ2) is 10.1. The Balaban J connectivity index is 1.79. The van der Waals surface area contributed by atoms with E-state index in [1.165, 1.54) is 0 Å². The third kappa shape index (κ3) is 6.93. The number of hydrogen-bond donors (Lipinski definition) is 3. The van der Waals surface area contributed by atoms with Crippen LogP contribution >= 0.6 is 0 Å². The molecule has 6 heteroatoms. The maximum atomic E-state index is 12.1.